The lowest BCUT2D eigenvalue weighted by Crippen LogP contribution is -2.33. The van der Waals surface area contributed by atoms with E-state index in [1.165, 1.54) is 10.8 Å². The molecule has 1 unspecified atom stereocenters. The number of nitrogens with two attached hydrogens (primary N) is 1. The van der Waals surface area contributed by atoms with Crippen molar-refractivity contribution in [1.82, 2.24) is 19.6 Å². The molecule has 0 saturated carbocycles. The summed E-state index contributed by atoms with van der Waals surface area (Å²) in [5, 5.41) is 6.98. The first-order valence-corrected chi connectivity index (χ1v) is 5.36. The highest BCUT2D eigenvalue weighted by Gasteiger charge is 2.13. The molecule has 0 aromatic carbocycles. The number of aromatic nitrogens is 4. The van der Waals surface area contributed by atoms with Crippen molar-refractivity contribution in [2.45, 2.75) is 19.6 Å². The molecule has 3 N–H and O–H groups in total. The van der Waals surface area contributed by atoms with Gasteiger partial charge in [-0.2, -0.15) is 14.6 Å². The predicted molar refractivity (Wildman–Crippen MR) is 63.8 cm³/mol. The van der Waals surface area contributed by atoms with Gasteiger partial charge in [-0.1, -0.05) is 0 Å². The Kier molecular flexibility index (Phi) is 3.38. The quantitative estimate of drug-likeness (QED) is 0.744. The Morgan fingerprint density at radius 1 is 1.67 bits per heavy atom. The fourth-order valence-corrected chi connectivity index (χ4v) is 1.48. The molecule has 8 heteroatoms. The molecule has 2 rings (SSSR count). The maximum absolute atomic E-state index is 11.1. The highest BCUT2D eigenvalue weighted by Crippen LogP contribution is 2.12. The SMILES string of the molecule is COCc1cc(NC(C)C(N)=O)n2ncnc2n1. The van der Waals surface area contributed by atoms with Gasteiger partial charge in [0.1, 0.15) is 18.2 Å². The third-order valence-electron chi connectivity index (χ3n) is 2.39. The summed E-state index contributed by atoms with van der Waals surface area (Å²) >= 11 is 0. The zero-order valence-electron chi connectivity index (χ0n) is 10.1. The number of rotatable bonds is 5. The minimum atomic E-state index is -0.518. The molecule has 1 amide bonds. The van der Waals surface area contributed by atoms with Crippen LogP contribution in [0.25, 0.3) is 5.78 Å². The van der Waals surface area contributed by atoms with Crippen molar-refractivity contribution in [3.8, 4) is 0 Å². The Hall–Kier alpha value is -2.22. The number of hydrogen-bond acceptors (Lipinski definition) is 6. The zero-order chi connectivity index (χ0) is 13.1. The normalized spacial score (nSPS) is 12.6. The molecule has 0 saturated heterocycles. The molecule has 18 heavy (non-hydrogen) atoms. The monoisotopic (exact) mass is 250 g/mol. The fraction of sp³-hybridized carbons (Fsp3) is 0.400. The summed E-state index contributed by atoms with van der Waals surface area (Å²) in [6.45, 7) is 2.02. The van der Waals surface area contributed by atoms with Crippen LogP contribution < -0.4 is 11.1 Å². The summed E-state index contributed by atoms with van der Waals surface area (Å²) in [5.74, 6) is 0.577. The number of amides is 1. The summed E-state index contributed by atoms with van der Waals surface area (Å²) < 4.78 is 6.52. The number of ether oxygens (including phenoxy) is 1. The molecule has 96 valence electrons. The van der Waals surface area contributed by atoms with Crippen molar-refractivity contribution in [2.24, 2.45) is 5.73 Å². The summed E-state index contributed by atoms with van der Waals surface area (Å²) in [6.07, 6.45) is 1.39. The third-order valence-corrected chi connectivity index (χ3v) is 2.39. The Labute approximate surface area is 103 Å². The number of nitrogens with one attached hydrogen (secondary N) is 1. The van der Waals surface area contributed by atoms with Gasteiger partial charge in [0.2, 0.25) is 5.91 Å². The van der Waals surface area contributed by atoms with Crippen LogP contribution in [-0.2, 0) is 16.1 Å². The molecule has 0 spiro atoms. The van der Waals surface area contributed by atoms with Crippen LogP contribution in [0.5, 0.6) is 0 Å². The fourth-order valence-electron chi connectivity index (χ4n) is 1.48. The summed E-state index contributed by atoms with van der Waals surface area (Å²) in [5.41, 5.74) is 5.90. The van der Waals surface area contributed by atoms with Crippen LogP contribution in [0.4, 0.5) is 5.82 Å². The second-order valence-corrected chi connectivity index (χ2v) is 3.81. The zero-order valence-corrected chi connectivity index (χ0v) is 10.1. The van der Waals surface area contributed by atoms with E-state index in [2.05, 4.69) is 20.4 Å². The van der Waals surface area contributed by atoms with Crippen LogP contribution in [0.1, 0.15) is 12.6 Å². The van der Waals surface area contributed by atoms with Crippen LogP contribution in [0.3, 0.4) is 0 Å². The number of nitrogens with zero attached hydrogens (tertiary/aromatic N) is 4. The highest BCUT2D eigenvalue weighted by atomic mass is 16.5. The molecule has 0 aliphatic heterocycles. The van der Waals surface area contributed by atoms with E-state index in [-0.39, 0.29) is 0 Å². The van der Waals surface area contributed by atoms with E-state index < -0.39 is 11.9 Å². The van der Waals surface area contributed by atoms with Crippen molar-refractivity contribution < 1.29 is 9.53 Å². The van der Waals surface area contributed by atoms with Gasteiger partial charge in [0.25, 0.3) is 5.78 Å². The van der Waals surface area contributed by atoms with Crippen molar-refractivity contribution in [3.63, 3.8) is 0 Å². The number of primary amides is 1. The van der Waals surface area contributed by atoms with E-state index in [0.717, 1.165) is 0 Å². The van der Waals surface area contributed by atoms with E-state index in [0.29, 0.717) is 23.9 Å². The maximum atomic E-state index is 11.1. The molecular weight excluding hydrogens is 236 g/mol. The molecule has 0 aliphatic carbocycles. The molecule has 2 heterocycles. The topological polar surface area (TPSA) is 107 Å². The smallest absolute Gasteiger partial charge is 0.254 e. The number of methoxy groups -OCH3 is 1. The third kappa shape index (κ3) is 2.38. The van der Waals surface area contributed by atoms with Gasteiger partial charge in [0.15, 0.2) is 0 Å². The first kappa shape index (κ1) is 12.2. The van der Waals surface area contributed by atoms with Crippen molar-refractivity contribution in [2.75, 3.05) is 12.4 Å². The largest absolute Gasteiger partial charge is 0.378 e. The number of fused-ring (bicyclic) bond motifs is 1. The van der Waals surface area contributed by atoms with E-state index in [4.69, 9.17) is 10.5 Å². The second kappa shape index (κ2) is 4.96. The highest BCUT2D eigenvalue weighted by molar-refractivity contribution is 5.82. The average Bonchev–Trinajstić information content (AvgIpc) is 2.77. The van der Waals surface area contributed by atoms with E-state index in [1.807, 2.05) is 0 Å². The van der Waals surface area contributed by atoms with Gasteiger partial charge >= 0.3 is 0 Å². The molecule has 0 radical (unpaired) electrons. The van der Waals surface area contributed by atoms with Crippen LogP contribution >= 0.6 is 0 Å². The summed E-state index contributed by atoms with van der Waals surface area (Å²) in [4.78, 5) is 19.3. The number of anilines is 1. The summed E-state index contributed by atoms with van der Waals surface area (Å²) in [6, 6.07) is 1.22. The van der Waals surface area contributed by atoms with E-state index in [9.17, 15) is 4.79 Å². The van der Waals surface area contributed by atoms with Crippen LogP contribution in [0, 0.1) is 0 Å². The standard InChI is InChI=1S/C10H14N6O2/c1-6(9(11)17)14-8-3-7(4-18-2)15-10-12-5-13-16(8)10/h3,5-6,14H,4H2,1-2H3,(H2,11,17). The minimum Gasteiger partial charge on any atom is -0.378 e. The lowest BCUT2D eigenvalue weighted by molar-refractivity contribution is -0.118. The molecule has 8 nitrogen and oxygen atoms in total. The average molecular weight is 250 g/mol. The van der Waals surface area contributed by atoms with Gasteiger partial charge < -0.3 is 15.8 Å². The van der Waals surface area contributed by atoms with Gasteiger partial charge in [0, 0.05) is 13.2 Å². The molecule has 0 aliphatic rings. The molecule has 2 aromatic heterocycles. The molecule has 1 atom stereocenters. The number of carbonyl (C=O) groups excluding carboxylic acids is 1. The number of carbonyl (C=O) groups is 1. The second-order valence-electron chi connectivity index (χ2n) is 3.81. The van der Waals surface area contributed by atoms with Crippen LogP contribution in [0.2, 0.25) is 0 Å². The van der Waals surface area contributed by atoms with Crippen molar-refractivity contribution >= 4 is 17.5 Å². The van der Waals surface area contributed by atoms with Gasteiger partial charge in [-0.25, -0.2) is 4.98 Å². The Bertz CT molecular complexity index is 566. The van der Waals surface area contributed by atoms with Gasteiger partial charge in [0.05, 0.1) is 12.3 Å². The first-order chi connectivity index (χ1) is 8.61. The first-order valence-electron chi connectivity index (χ1n) is 5.36. The molecule has 2 aromatic rings. The Morgan fingerprint density at radius 3 is 3.11 bits per heavy atom. The van der Waals surface area contributed by atoms with Crippen molar-refractivity contribution in [3.05, 3.63) is 18.1 Å². The van der Waals surface area contributed by atoms with Crippen LogP contribution in [-0.4, -0.2) is 38.6 Å². The lowest BCUT2D eigenvalue weighted by atomic mass is 10.3. The van der Waals surface area contributed by atoms with Gasteiger partial charge in [-0.15, -0.1) is 0 Å². The minimum absolute atomic E-state index is 0.350. The summed E-state index contributed by atoms with van der Waals surface area (Å²) in [7, 11) is 1.58. The Balaban J connectivity index is 2.40. The maximum Gasteiger partial charge on any atom is 0.254 e. The number of hydrogen-bond donors (Lipinski definition) is 2. The van der Waals surface area contributed by atoms with E-state index in [1.54, 1.807) is 20.1 Å². The molecule has 0 bridgehead atoms. The molecular formula is C10H14N6O2. The Morgan fingerprint density at radius 2 is 2.44 bits per heavy atom. The predicted octanol–water partition coefficient (Wildman–Crippen LogP) is -0.444. The van der Waals surface area contributed by atoms with E-state index >= 15 is 0 Å². The lowest BCUT2D eigenvalue weighted by Gasteiger charge is -2.13. The van der Waals surface area contributed by atoms with Gasteiger partial charge in [-0.05, 0) is 6.92 Å². The molecule has 0 fully saturated rings. The van der Waals surface area contributed by atoms with Gasteiger partial charge in [-0.3, -0.25) is 4.79 Å². The van der Waals surface area contributed by atoms with Crippen LogP contribution in [0.15, 0.2) is 12.4 Å². The van der Waals surface area contributed by atoms with Crippen molar-refractivity contribution in [1.29, 1.82) is 0 Å².